The quantitative estimate of drug-likeness (QED) is 0.789. The van der Waals surface area contributed by atoms with E-state index in [1.807, 2.05) is 12.1 Å². The Labute approximate surface area is 146 Å². The number of rotatable bonds is 3. The number of aromatic nitrogens is 2. The van der Waals surface area contributed by atoms with E-state index in [0.29, 0.717) is 40.9 Å². The van der Waals surface area contributed by atoms with Gasteiger partial charge in [0.05, 0.1) is 10.5 Å². The number of halogens is 2. The molecule has 5 nitrogen and oxygen atoms in total. The van der Waals surface area contributed by atoms with Gasteiger partial charge in [0.15, 0.2) is 0 Å². The highest BCUT2D eigenvalue weighted by Gasteiger charge is 2.34. The molecule has 0 spiro atoms. The third-order valence-electron chi connectivity index (χ3n) is 4.77. The summed E-state index contributed by atoms with van der Waals surface area (Å²) in [5.41, 5.74) is 1.53. The Morgan fingerprint density at radius 2 is 2.04 bits per heavy atom. The largest absolute Gasteiger partial charge is 0.324 e. The summed E-state index contributed by atoms with van der Waals surface area (Å²) in [4.78, 5) is 19.7. The lowest BCUT2D eigenvalue weighted by molar-refractivity contribution is -0.117. The SMILES string of the molecule is Cl.O=C(CC1CC2CCC(C1)N2)Nc1nc2c(Cl)cccc2[nH]1. The molecule has 0 aliphatic carbocycles. The van der Waals surface area contributed by atoms with Crippen LogP contribution in [0.3, 0.4) is 0 Å². The Morgan fingerprint density at radius 3 is 2.74 bits per heavy atom. The van der Waals surface area contributed by atoms with Gasteiger partial charge < -0.3 is 10.3 Å². The smallest absolute Gasteiger partial charge is 0.226 e. The summed E-state index contributed by atoms with van der Waals surface area (Å²) in [6.07, 6.45) is 5.29. The molecule has 3 heterocycles. The number of aromatic amines is 1. The number of hydrogen-bond donors (Lipinski definition) is 3. The van der Waals surface area contributed by atoms with Crippen LogP contribution < -0.4 is 10.6 Å². The molecule has 2 aliphatic rings. The van der Waals surface area contributed by atoms with Crippen LogP contribution in [0.2, 0.25) is 5.02 Å². The number of hydrogen-bond acceptors (Lipinski definition) is 3. The lowest BCUT2D eigenvalue weighted by Gasteiger charge is -2.28. The first kappa shape index (κ1) is 16.6. The Morgan fingerprint density at radius 1 is 1.30 bits per heavy atom. The second-order valence-corrected chi connectivity index (χ2v) is 6.86. The molecule has 0 saturated carbocycles. The molecule has 2 bridgehead atoms. The molecule has 2 fully saturated rings. The normalized spacial score (nSPS) is 26.0. The number of imidazole rings is 1. The number of nitrogens with one attached hydrogen (secondary N) is 3. The van der Waals surface area contributed by atoms with E-state index in [2.05, 4.69) is 20.6 Å². The predicted octanol–water partition coefficient (Wildman–Crippen LogP) is 3.50. The maximum absolute atomic E-state index is 12.3. The zero-order valence-corrected chi connectivity index (χ0v) is 14.2. The van der Waals surface area contributed by atoms with Gasteiger partial charge in [0.25, 0.3) is 0 Å². The van der Waals surface area contributed by atoms with Crippen LogP contribution in [0, 0.1) is 5.92 Å². The van der Waals surface area contributed by atoms with Crippen molar-refractivity contribution >= 4 is 46.9 Å². The van der Waals surface area contributed by atoms with Crippen LogP contribution in [-0.2, 0) is 4.79 Å². The third kappa shape index (κ3) is 3.47. The van der Waals surface area contributed by atoms with Gasteiger partial charge >= 0.3 is 0 Å². The molecule has 2 saturated heterocycles. The highest BCUT2D eigenvalue weighted by Crippen LogP contribution is 2.32. The number of para-hydroxylation sites is 1. The first-order valence-corrected chi connectivity index (χ1v) is 8.25. The first-order valence-electron chi connectivity index (χ1n) is 7.87. The van der Waals surface area contributed by atoms with Crippen molar-refractivity contribution in [2.24, 2.45) is 5.92 Å². The molecule has 7 heteroatoms. The molecule has 1 amide bonds. The number of benzene rings is 1. The van der Waals surface area contributed by atoms with Crippen LogP contribution in [0.5, 0.6) is 0 Å². The van der Waals surface area contributed by atoms with Gasteiger partial charge in [-0.1, -0.05) is 17.7 Å². The maximum atomic E-state index is 12.3. The minimum absolute atomic E-state index is 0. The molecular weight excluding hydrogens is 335 g/mol. The lowest BCUT2D eigenvalue weighted by Crippen LogP contribution is -2.39. The van der Waals surface area contributed by atoms with Crippen molar-refractivity contribution in [1.29, 1.82) is 0 Å². The van der Waals surface area contributed by atoms with Gasteiger partial charge in [-0.15, -0.1) is 12.4 Å². The van der Waals surface area contributed by atoms with Crippen LogP contribution >= 0.6 is 24.0 Å². The first-order chi connectivity index (χ1) is 10.7. The highest BCUT2D eigenvalue weighted by atomic mass is 35.5. The van der Waals surface area contributed by atoms with Crippen molar-refractivity contribution in [3.63, 3.8) is 0 Å². The van der Waals surface area contributed by atoms with E-state index in [1.54, 1.807) is 6.07 Å². The minimum Gasteiger partial charge on any atom is -0.324 e. The summed E-state index contributed by atoms with van der Waals surface area (Å²) in [5, 5.41) is 7.06. The number of amides is 1. The van der Waals surface area contributed by atoms with E-state index >= 15 is 0 Å². The van der Waals surface area contributed by atoms with Crippen LogP contribution in [0.1, 0.15) is 32.1 Å². The summed E-state index contributed by atoms with van der Waals surface area (Å²) in [7, 11) is 0. The van der Waals surface area contributed by atoms with Crippen LogP contribution in [0.15, 0.2) is 18.2 Å². The van der Waals surface area contributed by atoms with Gasteiger partial charge in [-0.3, -0.25) is 10.1 Å². The standard InChI is InChI=1S/C16H19ClN4O.ClH/c17-12-2-1-3-13-15(12)21-16(19-13)20-14(22)8-9-6-10-4-5-11(7-9)18-10;/h1-3,9-11,18H,4-8H2,(H2,19,20,21,22);1H. The molecule has 124 valence electrons. The number of fused-ring (bicyclic) bond motifs is 3. The van der Waals surface area contributed by atoms with E-state index in [9.17, 15) is 4.79 Å². The van der Waals surface area contributed by atoms with Crippen LogP contribution in [0.25, 0.3) is 11.0 Å². The molecule has 4 rings (SSSR count). The molecule has 1 aromatic heterocycles. The molecule has 1 aromatic carbocycles. The number of anilines is 1. The van der Waals surface area contributed by atoms with E-state index < -0.39 is 0 Å². The van der Waals surface area contributed by atoms with Gasteiger partial charge in [-0.25, -0.2) is 4.98 Å². The molecule has 2 unspecified atom stereocenters. The molecule has 2 aliphatic heterocycles. The van der Waals surface area contributed by atoms with E-state index in [-0.39, 0.29) is 18.3 Å². The van der Waals surface area contributed by atoms with Crippen molar-refractivity contribution in [3.8, 4) is 0 Å². The van der Waals surface area contributed by atoms with E-state index in [4.69, 9.17) is 11.6 Å². The molecule has 2 aromatic rings. The number of H-pyrrole nitrogens is 1. The zero-order valence-electron chi connectivity index (χ0n) is 12.6. The highest BCUT2D eigenvalue weighted by molar-refractivity contribution is 6.35. The summed E-state index contributed by atoms with van der Waals surface area (Å²) >= 11 is 6.10. The molecular formula is C16H20Cl2N4O. The van der Waals surface area contributed by atoms with Gasteiger partial charge in [-0.05, 0) is 43.7 Å². The van der Waals surface area contributed by atoms with Crippen molar-refractivity contribution in [2.75, 3.05) is 5.32 Å². The van der Waals surface area contributed by atoms with Crippen molar-refractivity contribution in [1.82, 2.24) is 15.3 Å². The predicted molar refractivity (Wildman–Crippen MR) is 94.3 cm³/mol. The lowest BCUT2D eigenvalue weighted by atomic mass is 9.89. The summed E-state index contributed by atoms with van der Waals surface area (Å²) < 4.78 is 0. The fraction of sp³-hybridized carbons (Fsp3) is 0.500. The molecule has 0 radical (unpaired) electrons. The fourth-order valence-corrected chi connectivity index (χ4v) is 4.06. The Kier molecular flexibility index (Phi) is 4.80. The summed E-state index contributed by atoms with van der Waals surface area (Å²) in [6.45, 7) is 0. The van der Waals surface area contributed by atoms with Gasteiger partial charge in [-0.2, -0.15) is 0 Å². The average molecular weight is 355 g/mol. The topological polar surface area (TPSA) is 69.8 Å². The number of nitrogens with zero attached hydrogens (tertiary/aromatic N) is 1. The monoisotopic (exact) mass is 354 g/mol. The number of piperidine rings is 1. The Hall–Kier alpha value is -1.30. The minimum atomic E-state index is 0. The third-order valence-corrected chi connectivity index (χ3v) is 5.07. The van der Waals surface area contributed by atoms with E-state index in [1.165, 1.54) is 12.8 Å². The van der Waals surface area contributed by atoms with Crippen molar-refractivity contribution in [3.05, 3.63) is 23.2 Å². The Bertz CT molecular complexity index is 705. The second-order valence-electron chi connectivity index (χ2n) is 6.45. The molecule has 3 N–H and O–H groups in total. The average Bonchev–Trinajstić information content (AvgIpc) is 3.03. The second kappa shape index (κ2) is 6.67. The number of carbonyl (C=O) groups is 1. The Balaban J connectivity index is 0.00000156. The zero-order chi connectivity index (χ0) is 15.1. The van der Waals surface area contributed by atoms with E-state index in [0.717, 1.165) is 18.4 Å². The van der Waals surface area contributed by atoms with Crippen LogP contribution in [-0.4, -0.2) is 28.0 Å². The van der Waals surface area contributed by atoms with Crippen molar-refractivity contribution in [2.45, 2.75) is 44.2 Å². The molecule has 2 atom stereocenters. The van der Waals surface area contributed by atoms with Gasteiger partial charge in [0.1, 0.15) is 5.52 Å². The summed E-state index contributed by atoms with van der Waals surface area (Å²) in [6, 6.07) is 6.78. The van der Waals surface area contributed by atoms with Gasteiger partial charge in [0, 0.05) is 18.5 Å². The maximum Gasteiger partial charge on any atom is 0.226 e. The van der Waals surface area contributed by atoms with Crippen molar-refractivity contribution < 1.29 is 4.79 Å². The molecule has 23 heavy (non-hydrogen) atoms. The summed E-state index contributed by atoms with van der Waals surface area (Å²) in [5.74, 6) is 0.984. The number of carbonyl (C=O) groups excluding carboxylic acids is 1. The fourth-order valence-electron chi connectivity index (χ4n) is 3.84. The van der Waals surface area contributed by atoms with Crippen LogP contribution in [0.4, 0.5) is 5.95 Å². The van der Waals surface area contributed by atoms with Gasteiger partial charge in [0.2, 0.25) is 11.9 Å².